The predicted molar refractivity (Wildman–Crippen MR) is 114 cm³/mol. The van der Waals surface area contributed by atoms with E-state index in [1.807, 2.05) is 36.4 Å². The molecule has 0 aromatic heterocycles. The van der Waals surface area contributed by atoms with Gasteiger partial charge < -0.3 is 9.64 Å². The average Bonchev–Trinajstić information content (AvgIpc) is 2.77. The quantitative estimate of drug-likeness (QED) is 0.471. The smallest absolute Gasteiger partial charge is 0.307 e. The number of para-hydroxylation sites is 1. The van der Waals surface area contributed by atoms with Gasteiger partial charge in [-0.25, -0.2) is 0 Å². The summed E-state index contributed by atoms with van der Waals surface area (Å²) >= 11 is 2.14. The van der Waals surface area contributed by atoms with Gasteiger partial charge in [0.25, 0.3) is 11.8 Å². The number of rotatable bonds is 5. The van der Waals surface area contributed by atoms with Crippen LogP contribution in [-0.2, 0) is 14.3 Å². The first-order valence-electron chi connectivity index (χ1n) is 9.06. The van der Waals surface area contributed by atoms with Crippen LogP contribution in [0.4, 0.5) is 11.4 Å². The van der Waals surface area contributed by atoms with Crippen LogP contribution >= 0.6 is 22.6 Å². The van der Waals surface area contributed by atoms with Crippen molar-refractivity contribution in [1.82, 2.24) is 4.90 Å². The van der Waals surface area contributed by atoms with Crippen LogP contribution in [0.25, 0.3) is 0 Å². The molecule has 1 heterocycles. The molecule has 0 saturated heterocycles. The van der Waals surface area contributed by atoms with Crippen molar-refractivity contribution in [2.45, 2.75) is 26.3 Å². The van der Waals surface area contributed by atoms with Crippen molar-refractivity contribution in [3.63, 3.8) is 0 Å². The molecule has 0 spiro atoms. The second-order valence-corrected chi connectivity index (χ2v) is 7.76. The van der Waals surface area contributed by atoms with Crippen LogP contribution in [0.1, 0.15) is 30.6 Å². The van der Waals surface area contributed by atoms with Gasteiger partial charge in [-0.15, -0.1) is 0 Å². The number of amides is 2. The molecule has 0 N–H and O–H groups in total. The first-order chi connectivity index (χ1) is 13.4. The zero-order chi connectivity index (χ0) is 20.3. The maximum absolute atomic E-state index is 13.3. The third-order valence-corrected chi connectivity index (χ3v) is 5.23. The minimum atomic E-state index is -0.461. The van der Waals surface area contributed by atoms with Gasteiger partial charge in [-0.05, 0) is 66.8 Å². The maximum Gasteiger partial charge on any atom is 0.307 e. The lowest BCUT2D eigenvalue weighted by molar-refractivity contribution is -0.144. The Kier molecular flexibility index (Phi) is 6.33. The number of halogens is 1. The summed E-state index contributed by atoms with van der Waals surface area (Å²) in [5.74, 6) is -0.880. The van der Waals surface area contributed by atoms with Crippen molar-refractivity contribution in [1.29, 1.82) is 0 Å². The first-order valence-corrected chi connectivity index (χ1v) is 10.1. The van der Waals surface area contributed by atoms with E-state index in [4.69, 9.17) is 4.74 Å². The Morgan fingerprint density at radius 2 is 1.89 bits per heavy atom. The van der Waals surface area contributed by atoms with Gasteiger partial charge in [0, 0.05) is 15.3 Å². The summed E-state index contributed by atoms with van der Waals surface area (Å²) in [7, 11) is 0. The summed E-state index contributed by atoms with van der Waals surface area (Å²) in [6, 6.07) is 14.2. The molecule has 2 aromatic carbocycles. The lowest BCUT2D eigenvalue weighted by atomic mass is 10.1. The van der Waals surface area contributed by atoms with Gasteiger partial charge >= 0.3 is 5.97 Å². The average molecular weight is 492 g/mol. The van der Waals surface area contributed by atoms with Gasteiger partial charge in [0.15, 0.2) is 0 Å². The van der Waals surface area contributed by atoms with Crippen molar-refractivity contribution in [3.8, 4) is 0 Å². The lowest BCUT2D eigenvalue weighted by Gasteiger charge is -2.27. The van der Waals surface area contributed by atoms with E-state index in [0.29, 0.717) is 16.9 Å². The standard InChI is InChI=1S/C21H21IN2O4/c1-3-28-20(26)11-14(2)23-13-19(25)24(16-7-5-4-6-8-16)18-10-9-15(22)12-17(18)21(23)27/h4-10,12,14H,3,11,13H2,1-2H3. The molecular weight excluding hydrogens is 471 g/mol. The van der Waals surface area contributed by atoms with Crippen LogP contribution in [-0.4, -0.2) is 41.9 Å². The number of fused-ring (bicyclic) bond motifs is 1. The molecule has 28 heavy (non-hydrogen) atoms. The highest BCUT2D eigenvalue weighted by molar-refractivity contribution is 14.1. The molecule has 1 atom stereocenters. The third-order valence-electron chi connectivity index (χ3n) is 4.56. The van der Waals surface area contributed by atoms with Crippen LogP contribution in [0.15, 0.2) is 48.5 Å². The highest BCUT2D eigenvalue weighted by atomic mass is 127. The van der Waals surface area contributed by atoms with Gasteiger partial charge in [0.05, 0.1) is 24.3 Å². The number of ether oxygens (including phenoxy) is 1. The lowest BCUT2D eigenvalue weighted by Crippen LogP contribution is -2.43. The van der Waals surface area contributed by atoms with E-state index in [9.17, 15) is 14.4 Å². The molecule has 0 saturated carbocycles. The number of carbonyl (C=O) groups is 3. The molecule has 7 heteroatoms. The van der Waals surface area contributed by atoms with E-state index in [-0.39, 0.29) is 37.4 Å². The zero-order valence-corrected chi connectivity index (χ0v) is 17.9. The van der Waals surface area contributed by atoms with Crippen LogP contribution in [0.5, 0.6) is 0 Å². The fourth-order valence-electron chi connectivity index (χ4n) is 3.24. The molecular formula is C21H21IN2O4. The molecule has 2 amide bonds. The minimum absolute atomic E-state index is 0.0391. The van der Waals surface area contributed by atoms with E-state index < -0.39 is 6.04 Å². The number of carbonyl (C=O) groups excluding carboxylic acids is 3. The molecule has 0 fully saturated rings. The maximum atomic E-state index is 13.3. The Labute approximate surface area is 177 Å². The van der Waals surface area contributed by atoms with Crippen molar-refractivity contribution in [2.24, 2.45) is 0 Å². The molecule has 0 bridgehead atoms. The highest BCUT2D eigenvalue weighted by Gasteiger charge is 2.35. The minimum Gasteiger partial charge on any atom is -0.466 e. The normalized spacial score (nSPS) is 15.1. The van der Waals surface area contributed by atoms with Crippen molar-refractivity contribution in [3.05, 3.63) is 57.7 Å². The van der Waals surface area contributed by atoms with Crippen LogP contribution in [0.3, 0.4) is 0 Å². The molecule has 1 aliphatic heterocycles. The predicted octanol–water partition coefficient (Wildman–Crippen LogP) is 3.75. The molecule has 2 aromatic rings. The number of hydrogen-bond donors (Lipinski definition) is 0. The van der Waals surface area contributed by atoms with Crippen molar-refractivity contribution < 1.29 is 19.1 Å². The Hall–Kier alpha value is -2.42. The number of anilines is 2. The Morgan fingerprint density at radius 3 is 2.57 bits per heavy atom. The second kappa shape index (κ2) is 8.72. The summed E-state index contributed by atoms with van der Waals surface area (Å²) < 4.78 is 5.90. The Bertz CT molecular complexity index is 901. The van der Waals surface area contributed by atoms with Crippen LogP contribution in [0, 0.1) is 3.57 Å². The third kappa shape index (κ3) is 4.19. The largest absolute Gasteiger partial charge is 0.466 e. The Morgan fingerprint density at radius 1 is 1.18 bits per heavy atom. The fourth-order valence-corrected chi connectivity index (χ4v) is 3.73. The van der Waals surface area contributed by atoms with E-state index in [1.165, 1.54) is 4.90 Å². The molecule has 3 rings (SSSR count). The summed E-state index contributed by atoms with van der Waals surface area (Å²) in [6.45, 7) is 3.66. The molecule has 6 nitrogen and oxygen atoms in total. The molecule has 146 valence electrons. The van der Waals surface area contributed by atoms with E-state index in [2.05, 4.69) is 22.6 Å². The van der Waals surface area contributed by atoms with Gasteiger partial charge in [-0.3, -0.25) is 19.3 Å². The topological polar surface area (TPSA) is 66.9 Å². The SMILES string of the molecule is CCOC(=O)CC(C)N1CC(=O)N(c2ccccc2)c2ccc(I)cc2C1=O. The zero-order valence-electron chi connectivity index (χ0n) is 15.7. The number of nitrogens with zero attached hydrogens (tertiary/aromatic N) is 2. The van der Waals surface area contributed by atoms with Gasteiger partial charge in [-0.1, -0.05) is 18.2 Å². The van der Waals surface area contributed by atoms with Gasteiger partial charge in [0.1, 0.15) is 6.54 Å². The fraction of sp³-hybridized carbons (Fsp3) is 0.286. The molecule has 0 radical (unpaired) electrons. The van der Waals surface area contributed by atoms with Crippen molar-refractivity contribution in [2.75, 3.05) is 18.1 Å². The molecule has 0 aliphatic carbocycles. The summed E-state index contributed by atoms with van der Waals surface area (Å²) in [4.78, 5) is 41.4. The number of esters is 1. The van der Waals surface area contributed by atoms with E-state index in [0.717, 1.165) is 3.57 Å². The number of benzene rings is 2. The molecule has 1 unspecified atom stereocenters. The van der Waals surface area contributed by atoms with Gasteiger partial charge in [0.2, 0.25) is 0 Å². The van der Waals surface area contributed by atoms with Gasteiger partial charge in [-0.2, -0.15) is 0 Å². The Balaban J connectivity index is 2.03. The van der Waals surface area contributed by atoms with Crippen molar-refractivity contribution >= 4 is 51.7 Å². The summed E-state index contributed by atoms with van der Waals surface area (Å²) in [5.41, 5.74) is 1.69. The summed E-state index contributed by atoms with van der Waals surface area (Å²) in [6.07, 6.45) is 0.0391. The van der Waals surface area contributed by atoms with E-state index >= 15 is 0 Å². The summed E-state index contributed by atoms with van der Waals surface area (Å²) in [5, 5.41) is 0. The molecule has 1 aliphatic rings. The number of hydrogen-bond acceptors (Lipinski definition) is 4. The second-order valence-electron chi connectivity index (χ2n) is 6.52. The first kappa shape index (κ1) is 20.3. The van der Waals surface area contributed by atoms with Crippen LogP contribution in [0.2, 0.25) is 0 Å². The van der Waals surface area contributed by atoms with E-state index in [1.54, 1.807) is 30.9 Å². The monoisotopic (exact) mass is 492 g/mol. The van der Waals surface area contributed by atoms with Crippen LogP contribution < -0.4 is 4.90 Å². The highest BCUT2D eigenvalue weighted by Crippen LogP contribution is 2.34.